The largest absolute Gasteiger partial charge is 0.265 e. The van der Waals surface area contributed by atoms with Crippen molar-refractivity contribution in [1.82, 2.24) is 9.97 Å². The van der Waals surface area contributed by atoms with E-state index in [-0.39, 0.29) is 5.41 Å². The summed E-state index contributed by atoms with van der Waals surface area (Å²) in [4.78, 5) is 8.62. The SMILES string of the molecule is CC1(C)c2ccccc2-c2cc3c4cc(-c5ccncc5)ccc4c4ccccc4c4ccc(-c5ccncc5)cc4c4ccccc4c3cc21. The summed E-state index contributed by atoms with van der Waals surface area (Å²) in [5, 5.41) is 12.3. The van der Waals surface area contributed by atoms with Crippen LogP contribution in [0.25, 0.3) is 87.2 Å². The fourth-order valence-corrected chi connectivity index (χ4v) is 8.55. The average Bonchev–Trinajstić information content (AvgIpc) is 3.42. The highest BCUT2D eigenvalue weighted by Crippen LogP contribution is 2.51. The quantitative estimate of drug-likeness (QED) is 0.186. The number of rotatable bonds is 2. The molecule has 0 saturated heterocycles. The molecule has 2 heterocycles. The van der Waals surface area contributed by atoms with E-state index in [4.69, 9.17) is 0 Å². The molecule has 2 aromatic heterocycles. The lowest BCUT2D eigenvalue weighted by Crippen LogP contribution is -2.14. The third-order valence-corrected chi connectivity index (χ3v) is 11.1. The molecule has 7 aromatic carbocycles. The molecule has 0 bridgehead atoms. The summed E-state index contributed by atoms with van der Waals surface area (Å²) in [5.74, 6) is 0. The first-order valence-electron chi connectivity index (χ1n) is 17.6. The smallest absolute Gasteiger partial charge is 0.0273 e. The summed E-state index contributed by atoms with van der Waals surface area (Å²) in [6.45, 7) is 4.75. The van der Waals surface area contributed by atoms with E-state index >= 15 is 0 Å². The lowest BCUT2D eigenvalue weighted by Gasteiger charge is -2.22. The molecule has 9 aromatic rings. The third-order valence-electron chi connectivity index (χ3n) is 11.1. The second kappa shape index (κ2) is 11.3. The van der Waals surface area contributed by atoms with Gasteiger partial charge >= 0.3 is 0 Å². The summed E-state index contributed by atoms with van der Waals surface area (Å²) in [6.07, 6.45) is 7.50. The number of aromatic nitrogens is 2. The second-order valence-electron chi connectivity index (χ2n) is 14.2. The minimum Gasteiger partial charge on any atom is -0.265 e. The van der Waals surface area contributed by atoms with Gasteiger partial charge in [-0.05, 0) is 147 Å². The van der Waals surface area contributed by atoms with E-state index in [0.29, 0.717) is 0 Å². The van der Waals surface area contributed by atoms with Crippen molar-refractivity contribution >= 4 is 53.9 Å². The molecular formula is C49H34N2. The molecule has 0 saturated carbocycles. The number of fused-ring (bicyclic) bond motifs is 13. The van der Waals surface area contributed by atoms with Gasteiger partial charge in [-0.2, -0.15) is 0 Å². The summed E-state index contributed by atoms with van der Waals surface area (Å²) >= 11 is 0. The third kappa shape index (κ3) is 4.57. The first-order valence-corrected chi connectivity index (χ1v) is 17.6. The van der Waals surface area contributed by atoms with Crippen molar-refractivity contribution in [2.75, 3.05) is 0 Å². The normalized spacial score (nSPS) is 13.1. The predicted molar refractivity (Wildman–Crippen MR) is 216 cm³/mol. The van der Waals surface area contributed by atoms with E-state index in [1.165, 1.54) is 87.2 Å². The molecule has 0 atom stereocenters. The Balaban J connectivity index is 1.50. The standard InChI is InChI=1S/C49H34N2/c1-49(2)47-14-8-7-13-41(47)46-29-44-43-28-34(32-21-25-51-26-22-32)16-18-40(43)36-10-4-3-9-35(36)39-17-15-33(31-19-23-50-24-20-31)27-42(39)37-11-5-6-12-38(37)45(44)30-48(46)49/h3-30H,1-2H3. The Bertz CT molecular complexity index is 2920. The van der Waals surface area contributed by atoms with E-state index in [1.54, 1.807) is 0 Å². The minimum absolute atomic E-state index is 0.133. The van der Waals surface area contributed by atoms with Crippen LogP contribution in [0.2, 0.25) is 0 Å². The highest BCUT2D eigenvalue weighted by Gasteiger charge is 2.35. The van der Waals surface area contributed by atoms with Gasteiger partial charge in [0.05, 0.1) is 0 Å². The van der Waals surface area contributed by atoms with Crippen LogP contribution in [-0.4, -0.2) is 9.97 Å². The van der Waals surface area contributed by atoms with Crippen molar-refractivity contribution in [1.29, 1.82) is 0 Å². The zero-order valence-corrected chi connectivity index (χ0v) is 28.6. The Morgan fingerprint density at radius 1 is 0.314 bits per heavy atom. The van der Waals surface area contributed by atoms with Gasteiger partial charge in [0.2, 0.25) is 0 Å². The van der Waals surface area contributed by atoms with Gasteiger partial charge in [0.25, 0.3) is 0 Å². The van der Waals surface area contributed by atoms with Gasteiger partial charge in [-0.3, -0.25) is 9.97 Å². The maximum atomic E-state index is 4.32. The first kappa shape index (κ1) is 29.5. The lowest BCUT2D eigenvalue weighted by atomic mass is 9.81. The molecule has 0 amide bonds. The van der Waals surface area contributed by atoms with Crippen LogP contribution in [0.4, 0.5) is 0 Å². The highest BCUT2D eigenvalue weighted by molar-refractivity contribution is 6.27. The molecule has 0 spiro atoms. The van der Waals surface area contributed by atoms with Crippen LogP contribution < -0.4 is 0 Å². The van der Waals surface area contributed by atoms with Gasteiger partial charge in [-0.1, -0.05) is 111 Å². The molecule has 0 fully saturated rings. The lowest BCUT2D eigenvalue weighted by molar-refractivity contribution is 0.661. The molecule has 0 aliphatic heterocycles. The topological polar surface area (TPSA) is 25.8 Å². The van der Waals surface area contributed by atoms with Gasteiger partial charge < -0.3 is 0 Å². The Morgan fingerprint density at radius 3 is 1.27 bits per heavy atom. The molecule has 10 rings (SSSR count). The van der Waals surface area contributed by atoms with Gasteiger partial charge in [-0.25, -0.2) is 0 Å². The number of hydrogen-bond acceptors (Lipinski definition) is 2. The molecule has 2 nitrogen and oxygen atoms in total. The molecular weight excluding hydrogens is 617 g/mol. The van der Waals surface area contributed by atoms with Gasteiger partial charge in [0, 0.05) is 30.2 Å². The van der Waals surface area contributed by atoms with Crippen LogP contribution in [0, 0.1) is 0 Å². The van der Waals surface area contributed by atoms with E-state index in [0.717, 1.165) is 11.1 Å². The predicted octanol–water partition coefficient (Wildman–Crippen LogP) is 13.0. The van der Waals surface area contributed by atoms with E-state index in [9.17, 15) is 0 Å². The molecule has 0 N–H and O–H groups in total. The van der Waals surface area contributed by atoms with Crippen LogP contribution in [0.1, 0.15) is 25.0 Å². The molecule has 0 radical (unpaired) electrons. The Kier molecular flexibility index (Phi) is 6.56. The number of benzene rings is 6. The Hall–Kier alpha value is -6.38. The monoisotopic (exact) mass is 650 g/mol. The van der Waals surface area contributed by atoms with E-state index < -0.39 is 0 Å². The molecule has 2 heteroatoms. The van der Waals surface area contributed by atoms with Crippen molar-refractivity contribution in [2.45, 2.75) is 19.3 Å². The van der Waals surface area contributed by atoms with Crippen LogP contribution in [-0.2, 0) is 5.41 Å². The molecule has 51 heavy (non-hydrogen) atoms. The van der Waals surface area contributed by atoms with Crippen LogP contribution in [0.3, 0.4) is 0 Å². The zero-order chi connectivity index (χ0) is 34.1. The van der Waals surface area contributed by atoms with Crippen LogP contribution in [0.5, 0.6) is 0 Å². The van der Waals surface area contributed by atoms with Crippen molar-refractivity contribution in [2.24, 2.45) is 0 Å². The van der Waals surface area contributed by atoms with Crippen LogP contribution in [0.15, 0.2) is 170 Å². The molecule has 1 aliphatic carbocycles. The van der Waals surface area contributed by atoms with E-state index in [1.807, 2.05) is 24.8 Å². The van der Waals surface area contributed by atoms with Crippen molar-refractivity contribution in [3.63, 3.8) is 0 Å². The number of hydrogen-bond donors (Lipinski definition) is 0. The summed E-state index contributed by atoms with van der Waals surface area (Å²) in [5.41, 5.74) is 9.91. The maximum Gasteiger partial charge on any atom is 0.0273 e. The summed E-state index contributed by atoms with van der Waals surface area (Å²) < 4.78 is 0. The fourth-order valence-electron chi connectivity index (χ4n) is 8.55. The van der Waals surface area contributed by atoms with Gasteiger partial charge in [-0.15, -0.1) is 0 Å². The Labute approximate surface area is 297 Å². The van der Waals surface area contributed by atoms with Crippen molar-refractivity contribution < 1.29 is 0 Å². The zero-order valence-electron chi connectivity index (χ0n) is 28.6. The molecule has 1 aliphatic rings. The average molecular weight is 651 g/mol. The summed E-state index contributed by atoms with van der Waals surface area (Å²) in [6, 6.07) is 54.2. The highest BCUT2D eigenvalue weighted by atomic mass is 14.6. The maximum absolute atomic E-state index is 4.32. The Morgan fingerprint density at radius 2 is 0.725 bits per heavy atom. The summed E-state index contributed by atoms with van der Waals surface area (Å²) in [7, 11) is 0. The minimum atomic E-state index is -0.133. The fraction of sp³-hybridized carbons (Fsp3) is 0.0612. The molecule has 240 valence electrons. The first-order chi connectivity index (χ1) is 25.1. The number of pyridine rings is 2. The van der Waals surface area contributed by atoms with Crippen molar-refractivity contribution in [3.05, 3.63) is 182 Å². The van der Waals surface area contributed by atoms with Crippen molar-refractivity contribution in [3.8, 4) is 33.4 Å². The molecule has 0 unspecified atom stereocenters. The van der Waals surface area contributed by atoms with Crippen LogP contribution >= 0.6 is 0 Å². The second-order valence-corrected chi connectivity index (χ2v) is 14.2. The van der Waals surface area contributed by atoms with Gasteiger partial charge in [0.1, 0.15) is 0 Å². The number of nitrogens with zero attached hydrogens (tertiary/aromatic N) is 2. The van der Waals surface area contributed by atoms with E-state index in [2.05, 4.69) is 169 Å². The van der Waals surface area contributed by atoms with Gasteiger partial charge in [0.15, 0.2) is 0 Å².